The van der Waals surface area contributed by atoms with Gasteiger partial charge in [-0.25, -0.2) is 0 Å². The maximum atomic E-state index is 12.3. The Labute approximate surface area is 121 Å². The molecule has 2 N–H and O–H groups in total. The lowest BCUT2D eigenvalue weighted by atomic mass is 9.74. The highest BCUT2D eigenvalue weighted by Crippen LogP contribution is 2.35. The van der Waals surface area contributed by atoms with Gasteiger partial charge in [-0.2, -0.15) is 0 Å². The maximum Gasteiger partial charge on any atom is 0.239 e. The van der Waals surface area contributed by atoms with Crippen molar-refractivity contribution in [3.63, 3.8) is 0 Å². The average Bonchev–Trinajstić information content (AvgIpc) is 2.53. The topological polar surface area (TPSA) is 61.8 Å². The number of carbonyl (C=O) groups is 1. The molecule has 2 aliphatic rings. The number of carbonyl (C=O) groups excluding carboxylic acids is 1. The van der Waals surface area contributed by atoms with Crippen LogP contribution in [0, 0.1) is 5.41 Å². The Hall–Kier alpha value is -0.650. The van der Waals surface area contributed by atoms with E-state index in [0.717, 1.165) is 19.4 Å². The summed E-state index contributed by atoms with van der Waals surface area (Å²) in [6.45, 7) is 5.54. The lowest BCUT2D eigenvalue weighted by Crippen LogP contribution is -2.51. The molecule has 1 saturated carbocycles. The van der Waals surface area contributed by atoms with Gasteiger partial charge in [0.25, 0.3) is 0 Å². The largest absolute Gasteiger partial charge is 0.396 e. The predicted octanol–water partition coefficient (Wildman–Crippen LogP) is 0.766. The summed E-state index contributed by atoms with van der Waals surface area (Å²) in [5, 5.41) is 13.0. The average molecular weight is 284 g/mol. The number of morpholine rings is 1. The zero-order chi connectivity index (χ0) is 14.4. The van der Waals surface area contributed by atoms with Gasteiger partial charge in [0.2, 0.25) is 5.91 Å². The molecule has 0 bridgehead atoms. The van der Waals surface area contributed by atoms with E-state index >= 15 is 0 Å². The number of rotatable bonds is 5. The van der Waals surface area contributed by atoms with Crippen molar-refractivity contribution in [1.29, 1.82) is 0 Å². The van der Waals surface area contributed by atoms with Crippen LogP contribution in [0.1, 0.15) is 39.0 Å². The highest BCUT2D eigenvalue weighted by molar-refractivity contribution is 5.81. The maximum absolute atomic E-state index is 12.3. The molecule has 0 aromatic carbocycles. The predicted molar refractivity (Wildman–Crippen MR) is 77.5 cm³/mol. The van der Waals surface area contributed by atoms with Gasteiger partial charge in [0.1, 0.15) is 0 Å². The fourth-order valence-corrected chi connectivity index (χ4v) is 3.21. The van der Waals surface area contributed by atoms with Crippen molar-refractivity contribution in [2.24, 2.45) is 5.41 Å². The van der Waals surface area contributed by atoms with E-state index in [1.54, 1.807) is 0 Å². The first kappa shape index (κ1) is 15.7. The van der Waals surface area contributed by atoms with Crippen molar-refractivity contribution in [2.45, 2.75) is 45.1 Å². The lowest BCUT2D eigenvalue weighted by molar-refractivity contribution is -0.137. The number of nitrogens with one attached hydrogen (secondary N) is 1. The number of hydrogen-bond donors (Lipinski definition) is 2. The van der Waals surface area contributed by atoms with E-state index in [9.17, 15) is 9.90 Å². The van der Waals surface area contributed by atoms with Gasteiger partial charge < -0.3 is 20.1 Å². The Kier molecular flexibility index (Phi) is 5.81. The smallest absolute Gasteiger partial charge is 0.239 e. The molecule has 1 saturated heterocycles. The number of aliphatic hydroxyl groups excluding tert-OH is 1. The quantitative estimate of drug-likeness (QED) is 0.783. The second-order valence-corrected chi connectivity index (χ2v) is 6.26. The zero-order valence-corrected chi connectivity index (χ0v) is 12.6. The third-order valence-electron chi connectivity index (χ3n) is 4.73. The minimum atomic E-state index is -0.182. The van der Waals surface area contributed by atoms with Gasteiger partial charge in [0.15, 0.2) is 0 Å². The summed E-state index contributed by atoms with van der Waals surface area (Å²) in [7, 11) is 0. The number of aliphatic hydroxyl groups is 1. The molecule has 1 aliphatic heterocycles. The molecule has 2 rings (SSSR count). The minimum absolute atomic E-state index is 0.0161. The highest BCUT2D eigenvalue weighted by atomic mass is 16.5. The van der Waals surface area contributed by atoms with Crippen LogP contribution >= 0.6 is 0 Å². The third kappa shape index (κ3) is 3.93. The summed E-state index contributed by atoms with van der Waals surface area (Å²) in [6.07, 6.45) is 5.77. The van der Waals surface area contributed by atoms with Crippen molar-refractivity contribution in [2.75, 3.05) is 39.5 Å². The summed E-state index contributed by atoms with van der Waals surface area (Å²) in [4.78, 5) is 14.2. The first-order valence-electron chi connectivity index (χ1n) is 7.88. The summed E-state index contributed by atoms with van der Waals surface area (Å²) < 4.78 is 5.27. The Morgan fingerprint density at radius 2 is 1.95 bits per heavy atom. The van der Waals surface area contributed by atoms with E-state index in [1.165, 1.54) is 19.3 Å². The third-order valence-corrected chi connectivity index (χ3v) is 4.73. The van der Waals surface area contributed by atoms with Crippen molar-refractivity contribution in [3.8, 4) is 0 Å². The van der Waals surface area contributed by atoms with E-state index in [0.29, 0.717) is 26.3 Å². The Balaban J connectivity index is 1.80. The SMILES string of the molecule is CC(NCC1(CO)CCCCC1)C(=O)N1CCOCC1. The van der Waals surface area contributed by atoms with Crippen LogP contribution in [0.2, 0.25) is 0 Å². The molecular formula is C15H28N2O3. The monoisotopic (exact) mass is 284 g/mol. The molecule has 0 aromatic rings. The van der Waals surface area contributed by atoms with Crippen molar-refractivity contribution in [1.82, 2.24) is 10.2 Å². The minimum Gasteiger partial charge on any atom is -0.396 e. The molecular weight excluding hydrogens is 256 g/mol. The molecule has 1 atom stereocenters. The van der Waals surface area contributed by atoms with Gasteiger partial charge in [-0.3, -0.25) is 4.79 Å². The van der Waals surface area contributed by atoms with Crippen molar-refractivity contribution >= 4 is 5.91 Å². The van der Waals surface area contributed by atoms with Gasteiger partial charge >= 0.3 is 0 Å². The fraction of sp³-hybridized carbons (Fsp3) is 0.933. The number of amides is 1. The van der Waals surface area contributed by atoms with Crippen LogP contribution in [0.5, 0.6) is 0 Å². The molecule has 0 aromatic heterocycles. The van der Waals surface area contributed by atoms with Gasteiger partial charge in [0, 0.05) is 31.7 Å². The van der Waals surface area contributed by atoms with Crippen LogP contribution in [0.3, 0.4) is 0 Å². The molecule has 0 spiro atoms. The van der Waals surface area contributed by atoms with Crippen molar-refractivity contribution < 1.29 is 14.6 Å². The van der Waals surface area contributed by atoms with Crippen LogP contribution in [-0.4, -0.2) is 61.4 Å². The summed E-state index contributed by atoms with van der Waals surface area (Å²) in [5.74, 6) is 0.150. The number of nitrogens with zero attached hydrogens (tertiary/aromatic N) is 1. The second-order valence-electron chi connectivity index (χ2n) is 6.26. The van der Waals surface area contributed by atoms with E-state index < -0.39 is 0 Å². The van der Waals surface area contributed by atoms with Crippen LogP contribution in [-0.2, 0) is 9.53 Å². The number of ether oxygens (including phenoxy) is 1. The van der Waals surface area contributed by atoms with Crippen LogP contribution in [0.4, 0.5) is 0 Å². The highest BCUT2D eigenvalue weighted by Gasteiger charge is 2.32. The normalized spacial score (nSPS) is 24.4. The second kappa shape index (κ2) is 7.38. The van der Waals surface area contributed by atoms with Gasteiger partial charge in [-0.05, 0) is 19.8 Å². The molecule has 20 heavy (non-hydrogen) atoms. The number of hydrogen-bond acceptors (Lipinski definition) is 4. The molecule has 1 aliphatic carbocycles. The Morgan fingerprint density at radius 1 is 1.30 bits per heavy atom. The Bertz CT molecular complexity index is 310. The van der Waals surface area contributed by atoms with E-state index in [-0.39, 0.29) is 24.0 Å². The first-order chi connectivity index (χ1) is 9.67. The van der Waals surface area contributed by atoms with Crippen LogP contribution in [0.25, 0.3) is 0 Å². The van der Waals surface area contributed by atoms with Gasteiger partial charge in [-0.15, -0.1) is 0 Å². The van der Waals surface area contributed by atoms with E-state index in [4.69, 9.17) is 4.74 Å². The molecule has 5 heteroatoms. The Morgan fingerprint density at radius 3 is 2.55 bits per heavy atom. The molecule has 1 amide bonds. The standard InChI is InChI=1S/C15H28N2O3/c1-13(14(19)17-7-9-20-10-8-17)16-11-15(12-18)5-3-2-4-6-15/h13,16,18H,2-12H2,1H3. The summed E-state index contributed by atoms with van der Waals surface area (Å²) in [5.41, 5.74) is -0.0161. The molecule has 2 fully saturated rings. The van der Waals surface area contributed by atoms with Crippen LogP contribution < -0.4 is 5.32 Å². The van der Waals surface area contributed by atoms with E-state index in [1.807, 2.05) is 11.8 Å². The fourth-order valence-electron chi connectivity index (χ4n) is 3.21. The van der Waals surface area contributed by atoms with Gasteiger partial charge in [-0.1, -0.05) is 19.3 Å². The molecule has 5 nitrogen and oxygen atoms in total. The molecule has 1 unspecified atom stereocenters. The van der Waals surface area contributed by atoms with Gasteiger partial charge in [0.05, 0.1) is 19.3 Å². The summed E-state index contributed by atoms with van der Waals surface area (Å²) >= 11 is 0. The lowest BCUT2D eigenvalue weighted by Gasteiger charge is -2.37. The van der Waals surface area contributed by atoms with Crippen LogP contribution in [0.15, 0.2) is 0 Å². The zero-order valence-electron chi connectivity index (χ0n) is 12.6. The molecule has 1 heterocycles. The molecule has 116 valence electrons. The first-order valence-corrected chi connectivity index (χ1v) is 7.88. The van der Waals surface area contributed by atoms with E-state index in [2.05, 4.69) is 5.32 Å². The van der Waals surface area contributed by atoms with Crippen molar-refractivity contribution in [3.05, 3.63) is 0 Å². The summed E-state index contributed by atoms with van der Waals surface area (Å²) in [6, 6.07) is -0.182. The molecule has 0 radical (unpaired) electrons.